The topological polar surface area (TPSA) is 41.6 Å². The smallest absolute Gasteiger partial charge is 0.157 e. The van der Waals surface area contributed by atoms with Crippen molar-refractivity contribution in [1.82, 2.24) is 15.0 Å². The highest BCUT2D eigenvalue weighted by Gasteiger charge is 2.45. The van der Waals surface area contributed by atoms with E-state index in [1.807, 2.05) is 18.3 Å². The van der Waals surface area contributed by atoms with Gasteiger partial charge in [-0.25, -0.2) is 9.97 Å². The molecule has 2 aromatic heterocycles. The maximum atomic E-state index is 4.74. The van der Waals surface area contributed by atoms with Gasteiger partial charge < -0.3 is 4.98 Å². The van der Waals surface area contributed by atoms with E-state index in [1.165, 1.54) is 25.7 Å². The molecule has 3 heteroatoms. The molecule has 0 radical (unpaired) electrons. The lowest BCUT2D eigenvalue weighted by atomic mass is 9.85. The number of H-pyrrole nitrogens is 1. The van der Waals surface area contributed by atoms with Crippen molar-refractivity contribution in [2.75, 3.05) is 0 Å². The third-order valence-corrected chi connectivity index (χ3v) is 4.62. The summed E-state index contributed by atoms with van der Waals surface area (Å²) in [6.07, 6.45) is 7.57. The predicted molar refractivity (Wildman–Crippen MR) is 71.2 cm³/mol. The molecule has 3 nitrogen and oxygen atoms in total. The van der Waals surface area contributed by atoms with Crippen molar-refractivity contribution < 1.29 is 0 Å². The fraction of sp³-hybridized carbons (Fsp3) is 0.600. The van der Waals surface area contributed by atoms with Crippen LogP contribution in [0.1, 0.15) is 44.3 Å². The molecule has 2 heterocycles. The van der Waals surface area contributed by atoms with Crippen LogP contribution in [0.2, 0.25) is 0 Å². The van der Waals surface area contributed by atoms with Crippen LogP contribution in [0.4, 0.5) is 0 Å². The highest BCUT2D eigenvalue weighted by atomic mass is 15.0. The van der Waals surface area contributed by atoms with E-state index < -0.39 is 0 Å². The number of fused-ring (bicyclic) bond motifs is 1. The average molecular weight is 241 g/mol. The van der Waals surface area contributed by atoms with Crippen molar-refractivity contribution in [3.8, 4) is 0 Å². The van der Waals surface area contributed by atoms with Gasteiger partial charge in [-0.1, -0.05) is 6.92 Å². The third kappa shape index (κ3) is 1.73. The molecule has 1 unspecified atom stereocenters. The lowest BCUT2D eigenvalue weighted by Gasteiger charge is -2.21. The van der Waals surface area contributed by atoms with E-state index in [2.05, 4.69) is 16.9 Å². The Morgan fingerprint density at radius 3 is 2.56 bits per heavy atom. The summed E-state index contributed by atoms with van der Waals surface area (Å²) < 4.78 is 0. The lowest BCUT2D eigenvalue weighted by molar-refractivity contribution is 0.337. The molecule has 2 saturated carbocycles. The zero-order valence-electron chi connectivity index (χ0n) is 10.8. The van der Waals surface area contributed by atoms with Gasteiger partial charge in [-0.15, -0.1) is 0 Å². The molecule has 18 heavy (non-hydrogen) atoms. The summed E-state index contributed by atoms with van der Waals surface area (Å²) in [5.74, 6) is 4.49. The van der Waals surface area contributed by atoms with Gasteiger partial charge >= 0.3 is 0 Å². The number of rotatable bonds is 4. The molecule has 0 saturated heterocycles. The number of pyridine rings is 1. The van der Waals surface area contributed by atoms with E-state index in [1.54, 1.807) is 0 Å². The molecule has 2 aliphatic carbocycles. The summed E-state index contributed by atoms with van der Waals surface area (Å²) in [5, 5.41) is 0. The first-order chi connectivity index (χ1) is 8.83. The summed E-state index contributed by atoms with van der Waals surface area (Å²) in [5.41, 5.74) is 1.94. The standard InChI is InChI=1S/C15H19N3/c1-9(13(10-4-5-10)11-6-7-11)14-17-12-3-2-8-16-15(12)18-14/h2-3,8-11,13H,4-7H2,1H3,(H,16,17,18). The third-order valence-electron chi connectivity index (χ3n) is 4.62. The molecule has 0 amide bonds. The highest BCUT2D eigenvalue weighted by molar-refractivity contribution is 5.70. The minimum absolute atomic E-state index is 0.555. The van der Waals surface area contributed by atoms with E-state index in [0.717, 1.165) is 34.7 Å². The van der Waals surface area contributed by atoms with Crippen LogP contribution in [0.15, 0.2) is 18.3 Å². The van der Waals surface area contributed by atoms with Crippen molar-refractivity contribution in [2.45, 2.75) is 38.5 Å². The second-order valence-corrected chi connectivity index (χ2v) is 6.03. The number of imidazole rings is 1. The summed E-state index contributed by atoms with van der Waals surface area (Å²) in [6, 6.07) is 4.00. The van der Waals surface area contributed by atoms with E-state index >= 15 is 0 Å². The normalized spacial score (nSPS) is 21.7. The van der Waals surface area contributed by atoms with Crippen LogP contribution in [0.3, 0.4) is 0 Å². The van der Waals surface area contributed by atoms with E-state index in [4.69, 9.17) is 4.98 Å². The van der Waals surface area contributed by atoms with E-state index in [0.29, 0.717) is 5.92 Å². The van der Waals surface area contributed by atoms with Gasteiger partial charge in [-0.3, -0.25) is 0 Å². The minimum Gasteiger partial charge on any atom is -0.326 e. The Bertz CT molecular complexity index is 521. The fourth-order valence-electron chi connectivity index (χ4n) is 3.42. The summed E-state index contributed by atoms with van der Waals surface area (Å²) in [4.78, 5) is 12.5. The molecular weight excluding hydrogens is 222 g/mol. The minimum atomic E-state index is 0.555. The second kappa shape index (κ2) is 3.81. The Morgan fingerprint density at radius 1 is 1.22 bits per heavy atom. The zero-order valence-corrected chi connectivity index (χ0v) is 10.8. The van der Waals surface area contributed by atoms with Crippen molar-refractivity contribution in [3.63, 3.8) is 0 Å². The molecule has 94 valence electrons. The maximum absolute atomic E-state index is 4.74. The first-order valence-electron chi connectivity index (χ1n) is 7.13. The van der Waals surface area contributed by atoms with Crippen LogP contribution in [-0.2, 0) is 0 Å². The molecule has 1 atom stereocenters. The van der Waals surface area contributed by atoms with Gasteiger partial charge in [0.05, 0.1) is 0 Å². The van der Waals surface area contributed by atoms with Gasteiger partial charge in [-0.2, -0.15) is 0 Å². The maximum Gasteiger partial charge on any atom is 0.157 e. The van der Waals surface area contributed by atoms with Crippen molar-refractivity contribution in [3.05, 3.63) is 24.2 Å². The van der Waals surface area contributed by atoms with E-state index in [9.17, 15) is 0 Å². The van der Waals surface area contributed by atoms with Crippen LogP contribution in [0.25, 0.3) is 11.2 Å². The Balaban J connectivity index is 1.67. The summed E-state index contributed by atoms with van der Waals surface area (Å²) >= 11 is 0. The largest absolute Gasteiger partial charge is 0.326 e. The molecule has 0 spiro atoms. The molecule has 2 aromatic rings. The number of hydrogen-bond donors (Lipinski definition) is 1. The van der Waals surface area contributed by atoms with Crippen LogP contribution in [0.5, 0.6) is 0 Å². The molecule has 4 rings (SSSR count). The first-order valence-corrected chi connectivity index (χ1v) is 7.13. The molecule has 2 aliphatic rings. The first kappa shape index (κ1) is 10.5. The quantitative estimate of drug-likeness (QED) is 0.890. The second-order valence-electron chi connectivity index (χ2n) is 6.03. The molecule has 1 N–H and O–H groups in total. The van der Waals surface area contributed by atoms with E-state index in [-0.39, 0.29) is 0 Å². The number of nitrogens with one attached hydrogen (secondary N) is 1. The average Bonchev–Trinajstić information content (AvgIpc) is 3.30. The van der Waals surface area contributed by atoms with Crippen molar-refractivity contribution >= 4 is 11.2 Å². The number of nitrogens with zero attached hydrogens (tertiary/aromatic N) is 2. The number of hydrogen-bond acceptors (Lipinski definition) is 2. The Kier molecular flexibility index (Phi) is 2.23. The van der Waals surface area contributed by atoms with Crippen LogP contribution in [-0.4, -0.2) is 15.0 Å². The summed E-state index contributed by atoms with van der Waals surface area (Å²) in [6.45, 7) is 2.35. The SMILES string of the molecule is CC(c1nc2cccnc2[nH]1)C(C1CC1)C1CC1. The van der Waals surface area contributed by atoms with Gasteiger partial charge in [0, 0.05) is 12.1 Å². The lowest BCUT2D eigenvalue weighted by Crippen LogP contribution is -2.15. The number of aromatic nitrogens is 3. The van der Waals surface area contributed by atoms with Gasteiger partial charge in [0.15, 0.2) is 5.65 Å². The Labute approximate surface area is 107 Å². The predicted octanol–water partition coefficient (Wildman–Crippen LogP) is 3.50. The van der Waals surface area contributed by atoms with Gasteiger partial charge in [0.25, 0.3) is 0 Å². The Morgan fingerprint density at radius 2 is 1.94 bits per heavy atom. The van der Waals surface area contributed by atoms with Gasteiger partial charge in [0.1, 0.15) is 11.3 Å². The monoisotopic (exact) mass is 241 g/mol. The fourth-order valence-corrected chi connectivity index (χ4v) is 3.42. The summed E-state index contributed by atoms with van der Waals surface area (Å²) in [7, 11) is 0. The van der Waals surface area contributed by atoms with Crippen molar-refractivity contribution in [2.24, 2.45) is 17.8 Å². The van der Waals surface area contributed by atoms with Crippen LogP contribution in [0, 0.1) is 17.8 Å². The van der Waals surface area contributed by atoms with Gasteiger partial charge in [-0.05, 0) is 55.6 Å². The van der Waals surface area contributed by atoms with Crippen molar-refractivity contribution in [1.29, 1.82) is 0 Å². The molecule has 0 aromatic carbocycles. The molecule has 0 bridgehead atoms. The van der Waals surface area contributed by atoms with Gasteiger partial charge in [0.2, 0.25) is 0 Å². The molecular formula is C15H19N3. The zero-order chi connectivity index (χ0) is 12.1. The molecule has 2 fully saturated rings. The highest BCUT2D eigenvalue weighted by Crippen LogP contribution is 2.54. The Hall–Kier alpha value is -1.38. The number of aromatic amines is 1. The van der Waals surface area contributed by atoms with Crippen LogP contribution >= 0.6 is 0 Å². The molecule has 0 aliphatic heterocycles. The van der Waals surface area contributed by atoms with Crippen LogP contribution < -0.4 is 0 Å².